The zero-order valence-corrected chi connectivity index (χ0v) is 10.3. The molecule has 3 heterocycles. The number of aromatic nitrogens is 3. The van der Waals surface area contributed by atoms with Gasteiger partial charge in [-0.3, -0.25) is 9.78 Å². The average molecular weight is 266 g/mol. The van der Waals surface area contributed by atoms with Crippen LogP contribution in [0.1, 0.15) is 0 Å². The van der Waals surface area contributed by atoms with Crippen LogP contribution in [0.15, 0.2) is 45.6 Å². The number of nitrogens with zero attached hydrogens (tertiary/aromatic N) is 1. The molecule has 0 fully saturated rings. The first-order valence-electron chi connectivity index (χ1n) is 6.08. The second kappa shape index (κ2) is 3.74. The summed E-state index contributed by atoms with van der Waals surface area (Å²) in [5.41, 5.74) is 7.19. The summed E-state index contributed by atoms with van der Waals surface area (Å²) in [7, 11) is 0. The van der Waals surface area contributed by atoms with Gasteiger partial charge in [0.25, 0.3) is 5.56 Å². The van der Waals surface area contributed by atoms with Gasteiger partial charge >= 0.3 is 0 Å². The van der Waals surface area contributed by atoms with Gasteiger partial charge in [0.15, 0.2) is 5.76 Å². The quantitative estimate of drug-likeness (QED) is 0.491. The smallest absolute Gasteiger partial charge is 0.261 e. The maximum atomic E-state index is 11.8. The number of nitrogens with one attached hydrogen (secondary N) is 2. The number of para-hydroxylation sites is 1. The molecule has 0 bridgehead atoms. The van der Waals surface area contributed by atoms with Crippen molar-refractivity contribution in [3.05, 3.63) is 46.8 Å². The molecule has 0 saturated carbocycles. The Hall–Kier alpha value is -3.02. The van der Waals surface area contributed by atoms with Crippen molar-refractivity contribution < 1.29 is 4.42 Å². The van der Waals surface area contributed by atoms with Gasteiger partial charge in [-0.15, -0.1) is 0 Å². The van der Waals surface area contributed by atoms with E-state index in [0.29, 0.717) is 22.5 Å². The maximum Gasteiger partial charge on any atom is 0.261 e. The topological polar surface area (TPSA) is 101 Å². The normalized spacial score (nSPS) is 11.4. The highest BCUT2D eigenvalue weighted by atomic mass is 16.3. The third-order valence-electron chi connectivity index (χ3n) is 3.21. The summed E-state index contributed by atoms with van der Waals surface area (Å²) in [6.07, 6.45) is 0. The van der Waals surface area contributed by atoms with Gasteiger partial charge in [0, 0.05) is 5.39 Å². The summed E-state index contributed by atoms with van der Waals surface area (Å²) in [5, 5.41) is 1.46. The number of rotatable bonds is 1. The molecule has 4 rings (SSSR count). The molecule has 20 heavy (non-hydrogen) atoms. The lowest BCUT2D eigenvalue weighted by Gasteiger charge is -1.91. The van der Waals surface area contributed by atoms with E-state index < -0.39 is 0 Å². The van der Waals surface area contributed by atoms with E-state index in [1.807, 2.05) is 30.3 Å². The van der Waals surface area contributed by atoms with Crippen molar-refractivity contribution in [3.63, 3.8) is 0 Å². The molecule has 4 N–H and O–H groups in total. The summed E-state index contributed by atoms with van der Waals surface area (Å²) in [5.74, 6) is 0.739. The average Bonchev–Trinajstić information content (AvgIpc) is 3.01. The van der Waals surface area contributed by atoms with Crippen molar-refractivity contribution in [2.24, 2.45) is 0 Å². The Labute approximate surface area is 112 Å². The van der Waals surface area contributed by atoms with Crippen molar-refractivity contribution in [2.75, 3.05) is 5.73 Å². The number of hydrogen-bond acceptors (Lipinski definition) is 4. The van der Waals surface area contributed by atoms with Crippen LogP contribution >= 0.6 is 0 Å². The van der Waals surface area contributed by atoms with E-state index in [-0.39, 0.29) is 11.5 Å². The van der Waals surface area contributed by atoms with Crippen LogP contribution < -0.4 is 11.3 Å². The minimum Gasteiger partial charge on any atom is -0.455 e. The Morgan fingerprint density at radius 2 is 2.00 bits per heavy atom. The summed E-state index contributed by atoms with van der Waals surface area (Å²) < 4.78 is 5.75. The Morgan fingerprint density at radius 1 is 1.15 bits per heavy atom. The van der Waals surface area contributed by atoms with Crippen LogP contribution in [0.25, 0.3) is 33.5 Å². The van der Waals surface area contributed by atoms with Crippen molar-refractivity contribution in [1.82, 2.24) is 15.0 Å². The summed E-state index contributed by atoms with van der Waals surface area (Å²) >= 11 is 0. The fourth-order valence-corrected chi connectivity index (χ4v) is 2.28. The third kappa shape index (κ3) is 1.51. The lowest BCUT2D eigenvalue weighted by molar-refractivity contribution is 0.629. The summed E-state index contributed by atoms with van der Waals surface area (Å²) in [4.78, 5) is 21.4. The fourth-order valence-electron chi connectivity index (χ4n) is 2.28. The van der Waals surface area contributed by atoms with Gasteiger partial charge in [0.2, 0.25) is 5.95 Å². The highest BCUT2D eigenvalue weighted by Crippen LogP contribution is 2.28. The molecule has 0 aliphatic heterocycles. The van der Waals surface area contributed by atoms with E-state index in [1.165, 1.54) is 0 Å². The van der Waals surface area contributed by atoms with Gasteiger partial charge in [0.1, 0.15) is 11.2 Å². The Morgan fingerprint density at radius 3 is 2.85 bits per heavy atom. The predicted octanol–water partition coefficient (Wildman–Crippen LogP) is 2.25. The highest BCUT2D eigenvalue weighted by molar-refractivity contribution is 5.86. The van der Waals surface area contributed by atoms with Crippen LogP contribution in [-0.4, -0.2) is 15.0 Å². The van der Waals surface area contributed by atoms with Gasteiger partial charge in [-0.25, -0.2) is 0 Å². The number of benzene rings is 1. The first kappa shape index (κ1) is 10.9. The molecule has 1 aromatic carbocycles. The lowest BCUT2D eigenvalue weighted by Crippen LogP contribution is -2.09. The SMILES string of the molecule is Nc1nc2[nH]c(-c3cc4ccccc4o3)cc2c(=O)[nH]1. The molecule has 0 unspecified atom stereocenters. The zero-order valence-electron chi connectivity index (χ0n) is 10.3. The second-order valence-corrected chi connectivity index (χ2v) is 4.54. The zero-order chi connectivity index (χ0) is 13.7. The van der Waals surface area contributed by atoms with Crippen LogP contribution in [0.3, 0.4) is 0 Å². The number of H-pyrrole nitrogens is 2. The highest BCUT2D eigenvalue weighted by Gasteiger charge is 2.11. The number of hydrogen-bond donors (Lipinski definition) is 3. The summed E-state index contributed by atoms with van der Waals surface area (Å²) in [6, 6.07) is 11.3. The standard InChI is InChI=1S/C14H10N4O2/c15-14-17-12-8(13(19)18-14)6-9(16-12)11-5-7-3-1-2-4-10(7)20-11/h1-6H,(H4,15,16,17,18,19). The van der Waals surface area contributed by atoms with Crippen molar-refractivity contribution in [3.8, 4) is 11.5 Å². The maximum absolute atomic E-state index is 11.8. The van der Waals surface area contributed by atoms with Crippen LogP contribution in [0.5, 0.6) is 0 Å². The van der Waals surface area contributed by atoms with Crippen molar-refractivity contribution in [2.45, 2.75) is 0 Å². The van der Waals surface area contributed by atoms with E-state index >= 15 is 0 Å². The van der Waals surface area contributed by atoms with Crippen LogP contribution in [0.4, 0.5) is 5.95 Å². The number of furan rings is 1. The van der Waals surface area contributed by atoms with E-state index in [1.54, 1.807) is 6.07 Å². The Kier molecular flexibility index (Phi) is 2.03. The molecular formula is C14H10N4O2. The number of anilines is 1. The molecule has 3 aromatic heterocycles. The Bertz CT molecular complexity index is 960. The van der Waals surface area contributed by atoms with E-state index in [2.05, 4.69) is 15.0 Å². The molecule has 98 valence electrons. The monoisotopic (exact) mass is 266 g/mol. The van der Waals surface area contributed by atoms with Crippen molar-refractivity contribution >= 4 is 28.0 Å². The molecule has 6 nitrogen and oxygen atoms in total. The molecule has 0 saturated heterocycles. The van der Waals surface area contributed by atoms with Crippen LogP contribution in [-0.2, 0) is 0 Å². The molecule has 0 atom stereocenters. The predicted molar refractivity (Wildman–Crippen MR) is 76.3 cm³/mol. The molecule has 0 aliphatic rings. The molecule has 0 aliphatic carbocycles. The van der Waals surface area contributed by atoms with Gasteiger partial charge in [-0.05, 0) is 18.2 Å². The number of nitrogens with two attached hydrogens (primary N) is 1. The first-order chi connectivity index (χ1) is 9.70. The fraction of sp³-hybridized carbons (Fsp3) is 0. The minimum atomic E-state index is -0.272. The molecular weight excluding hydrogens is 256 g/mol. The van der Waals surface area contributed by atoms with Crippen LogP contribution in [0, 0.1) is 0 Å². The number of nitrogen functional groups attached to an aromatic ring is 1. The largest absolute Gasteiger partial charge is 0.455 e. The van der Waals surface area contributed by atoms with E-state index in [0.717, 1.165) is 11.0 Å². The Balaban J connectivity index is 1.97. The third-order valence-corrected chi connectivity index (χ3v) is 3.21. The molecule has 4 aromatic rings. The molecule has 6 heteroatoms. The number of fused-ring (bicyclic) bond motifs is 2. The van der Waals surface area contributed by atoms with Crippen LogP contribution in [0.2, 0.25) is 0 Å². The minimum absolute atomic E-state index is 0.0838. The number of aromatic amines is 2. The second-order valence-electron chi connectivity index (χ2n) is 4.54. The molecule has 0 radical (unpaired) electrons. The lowest BCUT2D eigenvalue weighted by atomic mass is 10.2. The summed E-state index contributed by atoms with van der Waals surface area (Å²) in [6.45, 7) is 0. The molecule has 0 amide bonds. The molecule has 0 spiro atoms. The van der Waals surface area contributed by atoms with Crippen molar-refractivity contribution in [1.29, 1.82) is 0 Å². The van der Waals surface area contributed by atoms with Gasteiger partial charge in [-0.1, -0.05) is 18.2 Å². The van der Waals surface area contributed by atoms with E-state index in [9.17, 15) is 4.79 Å². The van der Waals surface area contributed by atoms with Gasteiger partial charge < -0.3 is 15.1 Å². The van der Waals surface area contributed by atoms with Gasteiger partial charge in [0.05, 0.1) is 11.1 Å². The van der Waals surface area contributed by atoms with Gasteiger partial charge in [-0.2, -0.15) is 4.98 Å². The van der Waals surface area contributed by atoms with E-state index in [4.69, 9.17) is 10.2 Å². The first-order valence-corrected chi connectivity index (χ1v) is 6.08.